The molecule has 0 spiro atoms. The summed E-state index contributed by atoms with van der Waals surface area (Å²) in [6.07, 6.45) is -1.98. The first-order valence-electron chi connectivity index (χ1n) is 6.85. The number of hydrogen-bond acceptors (Lipinski definition) is 2. The van der Waals surface area contributed by atoms with Crippen LogP contribution in [0.25, 0.3) is 11.2 Å². The lowest BCUT2D eigenvalue weighted by atomic mass is 9.78. The van der Waals surface area contributed by atoms with E-state index < -0.39 is 18.0 Å². The number of alkyl halides is 3. The second kappa shape index (κ2) is 4.75. The molecular formula is C14H16F3N3. The van der Waals surface area contributed by atoms with Crippen LogP contribution >= 0.6 is 0 Å². The van der Waals surface area contributed by atoms with E-state index in [1.54, 1.807) is 0 Å². The van der Waals surface area contributed by atoms with Gasteiger partial charge in [0.2, 0.25) is 0 Å². The van der Waals surface area contributed by atoms with Crippen LogP contribution in [0, 0.1) is 12.8 Å². The number of nitrogens with zero attached hydrogens (tertiary/aromatic N) is 2. The summed E-state index contributed by atoms with van der Waals surface area (Å²) < 4.78 is 39.4. The minimum Gasteiger partial charge on any atom is -0.340 e. The third-order valence-corrected chi connectivity index (χ3v) is 4.04. The number of pyridine rings is 1. The Bertz CT molecular complexity index is 618. The SMILES string of the molecule is Cc1ccc2[nH]c(C3CCCCC3C(F)(F)F)nc2n1. The summed E-state index contributed by atoms with van der Waals surface area (Å²) in [7, 11) is 0. The number of aromatic amines is 1. The van der Waals surface area contributed by atoms with Gasteiger partial charge >= 0.3 is 6.18 Å². The molecule has 1 aliphatic carbocycles. The smallest absolute Gasteiger partial charge is 0.340 e. The molecule has 1 N–H and O–H groups in total. The number of H-pyrrole nitrogens is 1. The molecule has 108 valence electrons. The first-order chi connectivity index (χ1) is 9.45. The average Bonchev–Trinajstić information content (AvgIpc) is 2.80. The van der Waals surface area contributed by atoms with E-state index in [0.29, 0.717) is 29.8 Å². The van der Waals surface area contributed by atoms with Gasteiger partial charge in [0.1, 0.15) is 5.82 Å². The van der Waals surface area contributed by atoms with Crippen LogP contribution < -0.4 is 0 Å². The highest BCUT2D eigenvalue weighted by atomic mass is 19.4. The third kappa shape index (κ3) is 2.39. The number of halogens is 3. The van der Waals surface area contributed by atoms with Crippen LogP contribution in [-0.4, -0.2) is 21.1 Å². The molecule has 0 amide bonds. The van der Waals surface area contributed by atoms with Crippen LogP contribution in [0.1, 0.15) is 43.1 Å². The molecule has 2 atom stereocenters. The molecule has 2 aromatic rings. The van der Waals surface area contributed by atoms with Crippen molar-refractivity contribution in [1.82, 2.24) is 15.0 Å². The van der Waals surface area contributed by atoms with Crippen LogP contribution in [0.2, 0.25) is 0 Å². The first-order valence-corrected chi connectivity index (χ1v) is 6.85. The number of aryl methyl sites for hydroxylation is 1. The Hall–Kier alpha value is -1.59. The zero-order chi connectivity index (χ0) is 14.3. The van der Waals surface area contributed by atoms with E-state index in [1.807, 2.05) is 19.1 Å². The van der Waals surface area contributed by atoms with Crippen LogP contribution in [0.3, 0.4) is 0 Å². The highest BCUT2D eigenvalue weighted by molar-refractivity contribution is 5.70. The molecule has 2 heterocycles. The molecular weight excluding hydrogens is 267 g/mol. The molecule has 3 rings (SSSR count). The minimum atomic E-state index is -4.16. The Labute approximate surface area is 114 Å². The normalized spacial score (nSPS) is 24.2. The molecule has 20 heavy (non-hydrogen) atoms. The standard InChI is InChI=1S/C14H16F3N3/c1-8-6-7-11-13(18-8)20-12(19-11)9-4-2-3-5-10(9)14(15,16)17/h6-7,9-10H,2-5H2,1H3,(H,18,19,20). The van der Waals surface area contributed by atoms with Crippen molar-refractivity contribution in [3.8, 4) is 0 Å². The molecule has 2 aromatic heterocycles. The van der Waals surface area contributed by atoms with Gasteiger partial charge in [0.15, 0.2) is 5.65 Å². The lowest BCUT2D eigenvalue weighted by Crippen LogP contribution is -2.32. The van der Waals surface area contributed by atoms with Gasteiger partial charge in [-0.3, -0.25) is 0 Å². The molecule has 2 unspecified atom stereocenters. The summed E-state index contributed by atoms with van der Waals surface area (Å²) >= 11 is 0. The monoisotopic (exact) mass is 283 g/mol. The van der Waals surface area contributed by atoms with Crippen molar-refractivity contribution in [3.63, 3.8) is 0 Å². The quantitative estimate of drug-likeness (QED) is 0.856. The topological polar surface area (TPSA) is 41.6 Å². The Morgan fingerprint density at radius 2 is 1.90 bits per heavy atom. The maximum absolute atomic E-state index is 13.1. The highest BCUT2D eigenvalue weighted by Crippen LogP contribution is 2.45. The van der Waals surface area contributed by atoms with E-state index in [9.17, 15) is 13.2 Å². The van der Waals surface area contributed by atoms with E-state index in [2.05, 4.69) is 15.0 Å². The van der Waals surface area contributed by atoms with Crippen LogP contribution in [0.15, 0.2) is 12.1 Å². The predicted octanol–water partition coefficient (Wildman–Crippen LogP) is 4.10. The number of aromatic nitrogens is 3. The van der Waals surface area contributed by atoms with Crippen molar-refractivity contribution in [2.24, 2.45) is 5.92 Å². The van der Waals surface area contributed by atoms with Gasteiger partial charge in [-0.25, -0.2) is 9.97 Å². The lowest BCUT2D eigenvalue weighted by Gasteiger charge is -2.31. The molecule has 0 aromatic carbocycles. The molecule has 0 saturated heterocycles. The van der Waals surface area contributed by atoms with Crippen molar-refractivity contribution < 1.29 is 13.2 Å². The zero-order valence-electron chi connectivity index (χ0n) is 11.2. The Morgan fingerprint density at radius 1 is 1.15 bits per heavy atom. The zero-order valence-corrected chi connectivity index (χ0v) is 11.2. The van der Waals surface area contributed by atoms with Crippen LogP contribution in [-0.2, 0) is 0 Å². The minimum absolute atomic E-state index is 0.192. The number of hydrogen-bond donors (Lipinski definition) is 1. The summed E-state index contributed by atoms with van der Waals surface area (Å²) in [5.41, 5.74) is 2.02. The number of fused-ring (bicyclic) bond motifs is 1. The molecule has 0 bridgehead atoms. The molecule has 1 saturated carbocycles. The summed E-state index contributed by atoms with van der Waals surface area (Å²) in [5, 5.41) is 0. The van der Waals surface area contributed by atoms with Gasteiger partial charge in [-0.15, -0.1) is 0 Å². The van der Waals surface area contributed by atoms with Crippen molar-refractivity contribution >= 4 is 11.2 Å². The lowest BCUT2D eigenvalue weighted by molar-refractivity contribution is -0.187. The second-order valence-corrected chi connectivity index (χ2v) is 5.48. The first kappa shape index (κ1) is 13.4. The highest BCUT2D eigenvalue weighted by Gasteiger charge is 2.46. The van der Waals surface area contributed by atoms with E-state index in [1.165, 1.54) is 0 Å². The van der Waals surface area contributed by atoms with Crippen LogP contribution in [0.4, 0.5) is 13.2 Å². The molecule has 6 heteroatoms. The number of nitrogens with one attached hydrogen (secondary N) is 1. The Balaban J connectivity index is 1.99. The maximum atomic E-state index is 13.1. The summed E-state index contributed by atoms with van der Waals surface area (Å²) in [4.78, 5) is 11.6. The maximum Gasteiger partial charge on any atom is 0.392 e. The van der Waals surface area contributed by atoms with Gasteiger partial charge < -0.3 is 4.98 Å². The van der Waals surface area contributed by atoms with Crippen molar-refractivity contribution in [2.75, 3.05) is 0 Å². The van der Waals surface area contributed by atoms with E-state index in [0.717, 1.165) is 12.1 Å². The van der Waals surface area contributed by atoms with Gasteiger partial charge in [-0.2, -0.15) is 13.2 Å². The molecule has 1 fully saturated rings. The summed E-state index contributed by atoms with van der Waals surface area (Å²) in [6.45, 7) is 1.84. The van der Waals surface area contributed by atoms with Crippen LogP contribution in [0.5, 0.6) is 0 Å². The predicted molar refractivity (Wildman–Crippen MR) is 69.4 cm³/mol. The molecule has 1 aliphatic rings. The van der Waals surface area contributed by atoms with Gasteiger partial charge in [0.05, 0.1) is 11.4 Å². The van der Waals surface area contributed by atoms with E-state index in [-0.39, 0.29) is 6.42 Å². The fourth-order valence-corrected chi connectivity index (χ4v) is 3.03. The number of rotatable bonds is 1. The van der Waals surface area contributed by atoms with Gasteiger partial charge in [0.25, 0.3) is 0 Å². The largest absolute Gasteiger partial charge is 0.392 e. The summed E-state index contributed by atoms with van der Waals surface area (Å²) in [6, 6.07) is 3.64. The van der Waals surface area contributed by atoms with Crippen molar-refractivity contribution in [3.05, 3.63) is 23.7 Å². The van der Waals surface area contributed by atoms with E-state index >= 15 is 0 Å². The fourth-order valence-electron chi connectivity index (χ4n) is 3.03. The number of imidazole rings is 1. The molecule has 0 aliphatic heterocycles. The average molecular weight is 283 g/mol. The van der Waals surface area contributed by atoms with Gasteiger partial charge in [-0.05, 0) is 31.9 Å². The Morgan fingerprint density at radius 3 is 2.65 bits per heavy atom. The van der Waals surface area contributed by atoms with E-state index in [4.69, 9.17) is 0 Å². The second-order valence-electron chi connectivity index (χ2n) is 5.48. The summed E-state index contributed by atoms with van der Waals surface area (Å²) in [5.74, 6) is -1.43. The van der Waals surface area contributed by atoms with Gasteiger partial charge in [0, 0.05) is 11.6 Å². The van der Waals surface area contributed by atoms with Crippen molar-refractivity contribution in [1.29, 1.82) is 0 Å². The third-order valence-electron chi connectivity index (χ3n) is 4.04. The van der Waals surface area contributed by atoms with Gasteiger partial charge in [-0.1, -0.05) is 12.8 Å². The fraction of sp³-hybridized carbons (Fsp3) is 0.571. The van der Waals surface area contributed by atoms with Crippen molar-refractivity contribution in [2.45, 2.75) is 44.7 Å². The Kier molecular flexibility index (Phi) is 3.18. The molecule has 3 nitrogen and oxygen atoms in total. The molecule has 0 radical (unpaired) electrons.